The molecule has 0 unspecified atom stereocenters. The first-order chi connectivity index (χ1) is 9.75. The molecule has 0 aliphatic heterocycles. The van der Waals surface area contributed by atoms with Crippen LogP contribution in [0.2, 0.25) is 0 Å². The minimum atomic E-state index is 0.974. The molecule has 2 aliphatic carbocycles. The average molecular weight is 261 g/mol. The molecule has 0 N–H and O–H groups in total. The van der Waals surface area contributed by atoms with Crippen molar-refractivity contribution in [1.82, 2.24) is 0 Å². The van der Waals surface area contributed by atoms with Crippen LogP contribution >= 0.6 is 0 Å². The van der Waals surface area contributed by atoms with Gasteiger partial charge in [-0.25, -0.2) is 0 Å². The lowest BCUT2D eigenvalue weighted by molar-refractivity contribution is 1.10. The third-order valence-corrected chi connectivity index (χ3v) is 3.70. The van der Waals surface area contributed by atoms with Crippen LogP contribution in [0.15, 0.2) is 66.7 Å². The van der Waals surface area contributed by atoms with Crippen LogP contribution in [0, 0.1) is 0 Å². The summed E-state index contributed by atoms with van der Waals surface area (Å²) >= 11 is 0. The zero-order valence-electron chi connectivity index (χ0n) is 12.0. The van der Waals surface area contributed by atoms with Gasteiger partial charge in [-0.1, -0.05) is 60.7 Å². The molecule has 0 atom stereocenters. The summed E-state index contributed by atoms with van der Waals surface area (Å²) in [5.74, 6) is 0. The van der Waals surface area contributed by atoms with Gasteiger partial charge >= 0.3 is 0 Å². The molecule has 0 saturated carbocycles. The Kier molecular flexibility index (Phi) is 3.42. The number of fused-ring (bicyclic) bond motifs is 1. The highest BCUT2D eigenvalue weighted by Gasteiger charge is 2.16. The second-order valence-electron chi connectivity index (χ2n) is 5.34. The highest BCUT2D eigenvalue weighted by molar-refractivity contribution is 5.81. The molecule has 0 spiro atoms. The standard InChI is InChI=1S/C19H19N/c1-20(2)19-14-16-11-7-4-8-12-17(16)18(19)13-15-9-5-3-6-10-15/h3-12,14H,13H2,1-2H3. The van der Waals surface area contributed by atoms with E-state index in [2.05, 4.69) is 85.7 Å². The van der Waals surface area contributed by atoms with E-state index >= 15 is 0 Å². The molecule has 1 aromatic carbocycles. The molecule has 1 aromatic rings. The summed E-state index contributed by atoms with van der Waals surface area (Å²) in [7, 11) is 4.23. The highest BCUT2D eigenvalue weighted by Crippen LogP contribution is 2.37. The Labute approximate surface area is 120 Å². The van der Waals surface area contributed by atoms with Crippen molar-refractivity contribution in [3.63, 3.8) is 0 Å². The molecule has 0 saturated heterocycles. The molecule has 20 heavy (non-hydrogen) atoms. The Morgan fingerprint density at radius 3 is 2.15 bits per heavy atom. The van der Waals surface area contributed by atoms with E-state index in [-0.39, 0.29) is 0 Å². The van der Waals surface area contributed by atoms with Crippen LogP contribution in [0.25, 0.3) is 11.1 Å². The first-order valence-electron chi connectivity index (χ1n) is 6.97. The largest absolute Gasteiger partial charge is 0.377 e. The molecule has 0 radical (unpaired) electrons. The predicted octanol–water partition coefficient (Wildman–Crippen LogP) is 4.45. The summed E-state index contributed by atoms with van der Waals surface area (Å²) in [6.07, 6.45) is 0.974. The number of rotatable bonds is 3. The van der Waals surface area contributed by atoms with E-state index in [1.54, 1.807) is 0 Å². The third kappa shape index (κ3) is 2.39. The smallest absolute Gasteiger partial charge is 0.0409 e. The molecule has 0 fully saturated rings. The SMILES string of the molecule is CN(C)c1cc2cccccc-2c1Cc1ccccc1. The minimum Gasteiger partial charge on any atom is -0.377 e. The van der Waals surface area contributed by atoms with Crippen LogP contribution in [0.3, 0.4) is 0 Å². The predicted molar refractivity (Wildman–Crippen MR) is 86.6 cm³/mol. The Bertz CT molecular complexity index is 671. The molecule has 1 nitrogen and oxygen atoms in total. The van der Waals surface area contributed by atoms with Crippen LogP contribution in [0.1, 0.15) is 11.1 Å². The second-order valence-corrected chi connectivity index (χ2v) is 5.34. The van der Waals surface area contributed by atoms with Gasteiger partial charge in [0.2, 0.25) is 0 Å². The van der Waals surface area contributed by atoms with E-state index in [0.29, 0.717) is 0 Å². The molecule has 0 heterocycles. The molecule has 1 heteroatoms. The van der Waals surface area contributed by atoms with Gasteiger partial charge < -0.3 is 4.90 Å². The van der Waals surface area contributed by atoms with Gasteiger partial charge in [0.15, 0.2) is 0 Å². The van der Waals surface area contributed by atoms with Crippen LogP contribution < -0.4 is 4.90 Å². The van der Waals surface area contributed by atoms with Crippen LogP contribution in [0.4, 0.5) is 5.69 Å². The number of anilines is 1. The van der Waals surface area contributed by atoms with Gasteiger partial charge in [-0.05, 0) is 28.3 Å². The van der Waals surface area contributed by atoms with E-state index < -0.39 is 0 Å². The van der Waals surface area contributed by atoms with E-state index in [9.17, 15) is 0 Å². The van der Waals surface area contributed by atoms with Crippen molar-refractivity contribution >= 4 is 5.69 Å². The van der Waals surface area contributed by atoms with Crippen molar-refractivity contribution in [3.05, 3.63) is 77.9 Å². The van der Waals surface area contributed by atoms with Crippen molar-refractivity contribution in [1.29, 1.82) is 0 Å². The number of hydrogen-bond donors (Lipinski definition) is 0. The summed E-state index contributed by atoms with van der Waals surface area (Å²) in [5, 5.41) is 0. The van der Waals surface area contributed by atoms with Crippen LogP contribution in [0.5, 0.6) is 0 Å². The maximum atomic E-state index is 2.29. The van der Waals surface area contributed by atoms with Crippen molar-refractivity contribution in [3.8, 4) is 11.1 Å². The fraction of sp³-hybridized carbons (Fsp3) is 0.158. The maximum absolute atomic E-state index is 2.29. The molecule has 0 amide bonds. The molecule has 0 bridgehead atoms. The van der Waals surface area contributed by atoms with E-state index in [0.717, 1.165) is 6.42 Å². The van der Waals surface area contributed by atoms with Crippen molar-refractivity contribution in [2.24, 2.45) is 0 Å². The Hall–Kier alpha value is -2.28. The van der Waals surface area contributed by atoms with Gasteiger partial charge in [-0.3, -0.25) is 0 Å². The summed E-state index contributed by atoms with van der Waals surface area (Å²) in [5.41, 5.74) is 6.74. The van der Waals surface area contributed by atoms with Gasteiger partial charge in [0.05, 0.1) is 0 Å². The maximum Gasteiger partial charge on any atom is 0.0409 e. The molecule has 0 aromatic heterocycles. The van der Waals surface area contributed by atoms with E-state index in [4.69, 9.17) is 0 Å². The van der Waals surface area contributed by atoms with Crippen LogP contribution in [-0.4, -0.2) is 14.1 Å². The van der Waals surface area contributed by atoms with Gasteiger partial charge in [-0.15, -0.1) is 0 Å². The zero-order valence-corrected chi connectivity index (χ0v) is 12.0. The normalized spacial score (nSPS) is 10.7. The van der Waals surface area contributed by atoms with Crippen molar-refractivity contribution in [2.45, 2.75) is 6.42 Å². The first kappa shape index (κ1) is 12.7. The van der Waals surface area contributed by atoms with Crippen molar-refractivity contribution in [2.75, 3.05) is 19.0 Å². The molecule has 3 rings (SSSR count). The lowest BCUT2D eigenvalue weighted by Crippen LogP contribution is -2.09. The quantitative estimate of drug-likeness (QED) is 0.673. The summed E-state index contributed by atoms with van der Waals surface area (Å²) < 4.78 is 0. The summed E-state index contributed by atoms with van der Waals surface area (Å²) in [6.45, 7) is 0. The molecule has 100 valence electrons. The van der Waals surface area contributed by atoms with Gasteiger partial charge in [-0.2, -0.15) is 0 Å². The Balaban J connectivity index is 2.12. The number of nitrogens with zero attached hydrogens (tertiary/aromatic N) is 1. The summed E-state index contributed by atoms with van der Waals surface area (Å²) in [6, 6.07) is 23.7. The fourth-order valence-electron chi connectivity index (χ4n) is 2.72. The lowest BCUT2D eigenvalue weighted by atomic mass is 10.0. The molecular weight excluding hydrogens is 242 g/mol. The van der Waals surface area contributed by atoms with Gasteiger partial charge in [0.1, 0.15) is 0 Å². The minimum absolute atomic E-state index is 0.974. The summed E-state index contributed by atoms with van der Waals surface area (Å²) in [4.78, 5) is 2.21. The van der Waals surface area contributed by atoms with E-state index in [1.807, 2.05) is 0 Å². The Morgan fingerprint density at radius 2 is 1.45 bits per heavy atom. The van der Waals surface area contributed by atoms with Gasteiger partial charge in [0.25, 0.3) is 0 Å². The van der Waals surface area contributed by atoms with E-state index in [1.165, 1.54) is 27.9 Å². The fourth-order valence-corrected chi connectivity index (χ4v) is 2.72. The van der Waals surface area contributed by atoms with Crippen molar-refractivity contribution < 1.29 is 0 Å². The average Bonchev–Trinajstić information content (AvgIpc) is 2.64. The van der Waals surface area contributed by atoms with Crippen LogP contribution in [-0.2, 0) is 6.42 Å². The first-order valence-corrected chi connectivity index (χ1v) is 6.97. The monoisotopic (exact) mass is 261 g/mol. The number of hydrogen-bond acceptors (Lipinski definition) is 1. The molecule has 2 aliphatic rings. The topological polar surface area (TPSA) is 3.24 Å². The second kappa shape index (κ2) is 5.38. The number of benzene rings is 1. The highest BCUT2D eigenvalue weighted by atomic mass is 15.1. The zero-order chi connectivity index (χ0) is 13.9. The Morgan fingerprint density at radius 1 is 0.800 bits per heavy atom. The molecular formula is C19H19N. The van der Waals surface area contributed by atoms with Gasteiger partial charge in [0, 0.05) is 26.2 Å². The lowest BCUT2D eigenvalue weighted by Gasteiger charge is -2.14. The third-order valence-electron chi connectivity index (χ3n) is 3.70.